The average molecular weight is 550 g/mol. The van der Waals surface area contributed by atoms with Crippen molar-refractivity contribution in [3.63, 3.8) is 0 Å². The summed E-state index contributed by atoms with van der Waals surface area (Å²) in [6.07, 6.45) is -3.61. The van der Waals surface area contributed by atoms with Crippen molar-refractivity contribution < 1.29 is 44.6 Å². The van der Waals surface area contributed by atoms with Crippen LogP contribution >= 0.6 is 0 Å². The number of sulfonamides is 1. The molecule has 3 rings (SSSR count). The molecule has 0 saturated carbocycles. The van der Waals surface area contributed by atoms with Gasteiger partial charge in [0, 0.05) is 7.05 Å². The first-order valence-electron chi connectivity index (χ1n) is 11.0. The van der Waals surface area contributed by atoms with E-state index < -0.39 is 65.3 Å². The van der Waals surface area contributed by atoms with E-state index >= 15 is 0 Å². The number of nitrogens with zero attached hydrogens (tertiary/aromatic N) is 1. The van der Waals surface area contributed by atoms with Crippen molar-refractivity contribution >= 4 is 25.8 Å². The standard InChI is InChI=1S/C23H26F3NO7S2/c1-14(2)35(30,31)16-10-15(23(24,25)26)11-17(12-16)36(32,33)27(3)20-8-4-7-19-18(20)6-5-9-21(19)34-13-22(28)29/h5-6,9-12,14,20H,4,7-8,13H2,1-3H3,(H,28,29)/t20-/m1/s1. The van der Waals surface area contributed by atoms with Crippen molar-refractivity contribution in [2.45, 2.75) is 60.4 Å². The first-order valence-corrected chi connectivity index (χ1v) is 14.0. The van der Waals surface area contributed by atoms with Crippen molar-refractivity contribution in [2.24, 2.45) is 0 Å². The van der Waals surface area contributed by atoms with Crippen LogP contribution in [0.1, 0.15) is 49.4 Å². The van der Waals surface area contributed by atoms with Crippen molar-refractivity contribution in [3.8, 4) is 5.75 Å². The highest BCUT2D eigenvalue weighted by Crippen LogP contribution is 2.41. The predicted octanol–water partition coefficient (Wildman–Crippen LogP) is 4.05. The maximum atomic E-state index is 13.6. The molecule has 198 valence electrons. The summed E-state index contributed by atoms with van der Waals surface area (Å²) in [5, 5.41) is 7.84. The van der Waals surface area contributed by atoms with E-state index in [9.17, 15) is 34.8 Å². The molecule has 2 aromatic carbocycles. The number of hydrogen-bond donors (Lipinski definition) is 1. The molecule has 1 atom stereocenters. The molecule has 0 unspecified atom stereocenters. The third kappa shape index (κ3) is 5.52. The van der Waals surface area contributed by atoms with E-state index in [0.717, 1.165) is 10.4 Å². The molecule has 0 bridgehead atoms. The largest absolute Gasteiger partial charge is 0.482 e. The Morgan fingerprint density at radius 2 is 1.78 bits per heavy atom. The molecule has 0 aromatic heterocycles. The van der Waals surface area contributed by atoms with Gasteiger partial charge >= 0.3 is 12.1 Å². The zero-order valence-electron chi connectivity index (χ0n) is 19.7. The van der Waals surface area contributed by atoms with E-state index in [1.807, 2.05) is 0 Å². The lowest BCUT2D eigenvalue weighted by atomic mass is 9.87. The minimum Gasteiger partial charge on any atom is -0.482 e. The Morgan fingerprint density at radius 3 is 2.36 bits per heavy atom. The molecule has 8 nitrogen and oxygen atoms in total. The van der Waals surface area contributed by atoms with Gasteiger partial charge in [0.05, 0.1) is 26.6 Å². The molecule has 1 aliphatic rings. The second-order valence-corrected chi connectivity index (χ2v) is 13.2. The Morgan fingerprint density at radius 1 is 1.14 bits per heavy atom. The monoisotopic (exact) mass is 549 g/mol. The van der Waals surface area contributed by atoms with Gasteiger partial charge in [-0.3, -0.25) is 0 Å². The zero-order chi connectivity index (χ0) is 27.1. The topological polar surface area (TPSA) is 118 Å². The number of aliphatic carboxylic acids is 1. The SMILES string of the molecule is CC(C)S(=O)(=O)c1cc(C(F)(F)F)cc(S(=O)(=O)N(C)[C@@H]2CCCc3c(OCC(=O)O)cccc32)c1. The summed E-state index contributed by atoms with van der Waals surface area (Å²) in [4.78, 5) is 9.39. The Bertz CT molecular complexity index is 1370. The molecule has 0 fully saturated rings. The van der Waals surface area contributed by atoms with E-state index in [1.54, 1.807) is 18.2 Å². The summed E-state index contributed by atoms with van der Waals surface area (Å²) in [5.74, 6) is -0.897. The number of carboxylic acid groups (broad SMARTS) is 1. The van der Waals surface area contributed by atoms with Gasteiger partial charge in [0.25, 0.3) is 0 Å². The number of carboxylic acids is 1. The molecule has 0 heterocycles. The molecule has 0 aliphatic heterocycles. The minimum atomic E-state index is -4.97. The number of sulfone groups is 1. The van der Waals surface area contributed by atoms with Crippen LogP contribution in [0.4, 0.5) is 13.2 Å². The van der Waals surface area contributed by atoms with Crippen LogP contribution in [0.5, 0.6) is 5.75 Å². The average Bonchev–Trinajstić information content (AvgIpc) is 2.80. The van der Waals surface area contributed by atoms with Gasteiger partial charge in [0.15, 0.2) is 16.4 Å². The van der Waals surface area contributed by atoms with Crippen molar-refractivity contribution in [1.29, 1.82) is 0 Å². The normalized spacial score (nSPS) is 16.7. The van der Waals surface area contributed by atoms with Crippen LogP contribution in [-0.4, -0.2) is 51.1 Å². The second-order valence-electron chi connectivity index (χ2n) is 8.72. The number of halogens is 3. The summed E-state index contributed by atoms with van der Waals surface area (Å²) in [6.45, 7) is 1.99. The maximum Gasteiger partial charge on any atom is 0.416 e. The van der Waals surface area contributed by atoms with Crippen LogP contribution in [0.15, 0.2) is 46.2 Å². The van der Waals surface area contributed by atoms with Gasteiger partial charge in [-0.1, -0.05) is 12.1 Å². The summed E-state index contributed by atoms with van der Waals surface area (Å²) in [7, 11) is -7.57. The van der Waals surface area contributed by atoms with E-state index in [0.29, 0.717) is 42.5 Å². The van der Waals surface area contributed by atoms with Crippen LogP contribution in [-0.2, 0) is 37.3 Å². The molecule has 0 spiro atoms. The van der Waals surface area contributed by atoms with Gasteiger partial charge in [-0.05, 0) is 68.5 Å². The van der Waals surface area contributed by atoms with Gasteiger partial charge in [0.2, 0.25) is 10.0 Å². The third-order valence-corrected chi connectivity index (χ3v) is 10.0. The molecule has 36 heavy (non-hydrogen) atoms. The quantitative estimate of drug-likeness (QED) is 0.528. The molecular formula is C23H26F3NO7S2. The Hall–Kier alpha value is -2.64. The number of alkyl halides is 3. The minimum absolute atomic E-state index is 0.287. The molecule has 1 N–H and O–H groups in total. The van der Waals surface area contributed by atoms with Crippen molar-refractivity contribution in [2.75, 3.05) is 13.7 Å². The molecule has 0 radical (unpaired) electrons. The highest BCUT2D eigenvalue weighted by Gasteiger charge is 2.38. The smallest absolute Gasteiger partial charge is 0.416 e. The highest BCUT2D eigenvalue weighted by atomic mass is 32.2. The van der Waals surface area contributed by atoms with Crippen molar-refractivity contribution in [3.05, 3.63) is 53.1 Å². The zero-order valence-corrected chi connectivity index (χ0v) is 21.4. The lowest BCUT2D eigenvalue weighted by Crippen LogP contribution is -2.34. The fourth-order valence-corrected chi connectivity index (χ4v) is 6.74. The summed E-state index contributed by atoms with van der Waals surface area (Å²) < 4.78 is 99.4. The van der Waals surface area contributed by atoms with Gasteiger partial charge in [0.1, 0.15) is 5.75 Å². The van der Waals surface area contributed by atoms with E-state index in [2.05, 4.69) is 0 Å². The number of hydrogen-bond acceptors (Lipinski definition) is 6. The van der Waals surface area contributed by atoms with Crippen LogP contribution < -0.4 is 4.74 Å². The number of carbonyl (C=O) groups is 1. The fraction of sp³-hybridized carbons (Fsp3) is 0.435. The summed E-state index contributed by atoms with van der Waals surface area (Å²) >= 11 is 0. The summed E-state index contributed by atoms with van der Waals surface area (Å²) in [6, 6.07) is 5.64. The molecular weight excluding hydrogens is 523 g/mol. The van der Waals surface area contributed by atoms with Crippen LogP contribution in [0.3, 0.4) is 0 Å². The van der Waals surface area contributed by atoms with Gasteiger partial charge in [-0.25, -0.2) is 21.6 Å². The van der Waals surface area contributed by atoms with Gasteiger partial charge in [-0.2, -0.15) is 17.5 Å². The van der Waals surface area contributed by atoms with Crippen LogP contribution in [0.25, 0.3) is 0 Å². The molecule has 2 aromatic rings. The Kier molecular flexibility index (Phi) is 7.78. The number of ether oxygens (including phenoxy) is 1. The lowest BCUT2D eigenvalue weighted by molar-refractivity contribution is -0.139. The first kappa shape index (κ1) is 27.9. The van der Waals surface area contributed by atoms with Gasteiger partial charge in [-0.15, -0.1) is 0 Å². The first-order chi connectivity index (χ1) is 16.6. The molecule has 0 amide bonds. The van der Waals surface area contributed by atoms with E-state index in [4.69, 9.17) is 9.84 Å². The maximum absolute atomic E-state index is 13.6. The Balaban J connectivity index is 2.10. The van der Waals surface area contributed by atoms with Crippen molar-refractivity contribution in [1.82, 2.24) is 4.31 Å². The van der Waals surface area contributed by atoms with Crippen LogP contribution in [0, 0.1) is 0 Å². The third-order valence-electron chi connectivity index (χ3n) is 6.06. The molecule has 13 heteroatoms. The van der Waals surface area contributed by atoms with Crippen LogP contribution in [0.2, 0.25) is 0 Å². The molecule has 1 aliphatic carbocycles. The number of fused-ring (bicyclic) bond motifs is 1. The predicted molar refractivity (Wildman–Crippen MR) is 124 cm³/mol. The number of benzene rings is 2. The van der Waals surface area contributed by atoms with Gasteiger partial charge < -0.3 is 9.84 Å². The second kappa shape index (κ2) is 10.0. The fourth-order valence-electron chi connectivity index (χ4n) is 4.10. The van der Waals surface area contributed by atoms with E-state index in [-0.39, 0.29) is 5.75 Å². The van der Waals surface area contributed by atoms with E-state index in [1.165, 1.54) is 20.9 Å². The number of rotatable bonds is 8. The summed E-state index contributed by atoms with van der Waals surface area (Å²) in [5.41, 5.74) is -0.231. The lowest BCUT2D eigenvalue weighted by Gasteiger charge is -2.33. The Labute approximate surface area is 207 Å². The highest BCUT2D eigenvalue weighted by molar-refractivity contribution is 7.92. The molecule has 0 saturated heterocycles.